The molecule has 1 N–H and O–H groups in total. The molecule has 2 aliphatic rings. The molecule has 1 fully saturated rings. The van der Waals surface area contributed by atoms with E-state index in [1.165, 1.54) is 32.1 Å². The zero-order valence-corrected chi connectivity index (χ0v) is 14.0. The van der Waals surface area contributed by atoms with Crippen molar-refractivity contribution < 1.29 is 4.79 Å². The molecule has 4 rings (SSSR count). The summed E-state index contributed by atoms with van der Waals surface area (Å²) in [6.07, 6.45) is 9.06. The minimum Gasteiger partial charge on any atom is -0.326 e. The van der Waals surface area contributed by atoms with Gasteiger partial charge in [-0.25, -0.2) is 0 Å². The standard InChI is InChI=1S/C19H24N4O/c24-19(15-6-3-4-7-15)20-16-11-9-14(10-12-16)18-22-21-17-8-2-1-5-13-23(17)18/h9-12,15H,1-8,13H2,(H,20,24). The summed E-state index contributed by atoms with van der Waals surface area (Å²) in [7, 11) is 0. The van der Waals surface area contributed by atoms with Crippen molar-refractivity contribution in [2.45, 2.75) is 57.9 Å². The number of nitrogens with zero attached hydrogens (tertiary/aromatic N) is 3. The molecule has 5 nitrogen and oxygen atoms in total. The van der Waals surface area contributed by atoms with E-state index in [9.17, 15) is 4.79 Å². The van der Waals surface area contributed by atoms with Crippen LogP contribution in [0.3, 0.4) is 0 Å². The van der Waals surface area contributed by atoms with E-state index < -0.39 is 0 Å². The summed E-state index contributed by atoms with van der Waals surface area (Å²) < 4.78 is 2.25. The SMILES string of the molecule is O=C(Nc1ccc(-c2nnc3n2CCCCC3)cc1)C1CCCC1. The Morgan fingerprint density at radius 3 is 2.58 bits per heavy atom. The van der Waals surface area contributed by atoms with Crippen LogP contribution in [-0.2, 0) is 17.8 Å². The highest BCUT2D eigenvalue weighted by molar-refractivity contribution is 5.92. The largest absolute Gasteiger partial charge is 0.326 e. The van der Waals surface area contributed by atoms with Crippen LogP contribution in [0.25, 0.3) is 11.4 Å². The lowest BCUT2D eigenvalue weighted by Gasteiger charge is -2.11. The topological polar surface area (TPSA) is 59.8 Å². The van der Waals surface area contributed by atoms with Crippen molar-refractivity contribution in [1.82, 2.24) is 14.8 Å². The van der Waals surface area contributed by atoms with Crippen LogP contribution in [0, 0.1) is 5.92 Å². The number of anilines is 1. The van der Waals surface area contributed by atoms with Crippen LogP contribution in [0.2, 0.25) is 0 Å². The van der Waals surface area contributed by atoms with Gasteiger partial charge in [0.05, 0.1) is 0 Å². The van der Waals surface area contributed by atoms with Gasteiger partial charge in [-0.15, -0.1) is 10.2 Å². The second-order valence-corrected chi connectivity index (χ2v) is 6.95. The summed E-state index contributed by atoms with van der Waals surface area (Å²) in [4.78, 5) is 12.2. The highest BCUT2D eigenvalue weighted by Crippen LogP contribution is 2.27. The monoisotopic (exact) mass is 324 g/mol. The van der Waals surface area contributed by atoms with Crippen LogP contribution in [0.15, 0.2) is 24.3 Å². The maximum absolute atomic E-state index is 12.2. The van der Waals surface area contributed by atoms with Crippen molar-refractivity contribution in [1.29, 1.82) is 0 Å². The fourth-order valence-corrected chi connectivity index (χ4v) is 3.83. The lowest BCUT2D eigenvalue weighted by atomic mass is 10.1. The Balaban J connectivity index is 1.50. The Kier molecular flexibility index (Phi) is 4.32. The Morgan fingerprint density at radius 2 is 1.79 bits per heavy atom. The average Bonchev–Trinajstić information content (AvgIpc) is 3.22. The summed E-state index contributed by atoms with van der Waals surface area (Å²) in [5.74, 6) is 2.40. The van der Waals surface area contributed by atoms with Gasteiger partial charge in [-0.3, -0.25) is 4.79 Å². The molecule has 1 aromatic carbocycles. The minimum atomic E-state index is 0.164. The van der Waals surface area contributed by atoms with Crippen molar-refractivity contribution in [3.8, 4) is 11.4 Å². The first kappa shape index (κ1) is 15.4. The molecule has 0 bridgehead atoms. The number of amides is 1. The van der Waals surface area contributed by atoms with Gasteiger partial charge in [0.25, 0.3) is 0 Å². The summed E-state index contributed by atoms with van der Waals surface area (Å²) in [5.41, 5.74) is 1.93. The maximum atomic E-state index is 12.2. The quantitative estimate of drug-likeness (QED) is 0.934. The molecule has 1 aliphatic heterocycles. The first-order valence-electron chi connectivity index (χ1n) is 9.14. The lowest BCUT2D eigenvalue weighted by molar-refractivity contribution is -0.119. The molecule has 126 valence electrons. The van der Waals surface area contributed by atoms with E-state index in [1.807, 2.05) is 24.3 Å². The first-order valence-corrected chi connectivity index (χ1v) is 9.14. The summed E-state index contributed by atoms with van der Waals surface area (Å²) >= 11 is 0. The second kappa shape index (κ2) is 6.75. The molecule has 0 saturated heterocycles. The molecule has 0 spiro atoms. The van der Waals surface area contributed by atoms with Gasteiger partial charge in [0.2, 0.25) is 5.91 Å². The number of carbonyl (C=O) groups excluding carboxylic acids is 1. The maximum Gasteiger partial charge on any atom is 0.227 e. The fourth-order valence-electron chi connectivity index (χ4n) is 3.83. The molecule has 0 atom stereocenters. The van der Waals surface area contributed by atoms with E-state index in [0.29, 0.717) is 0 Å². The van der Waals surface area contributed by atoms with E-state index in [2.05, 4.69) is 20.1 Å². The Labute approximate surface area is 142 Å². The number of benzene rings is 1. The van der Waals surface area contributed by atoms with E-state index in [4.69, 9.17) is 0 Å². The van der Waals surface area contributed by atoms with Gasteiger partial charge < -0.3 is 9.88 Å². The third-order valence-corrected chi connectivity index (χ3v) is 5.25. The zero-order valence-electron chi connectivity index (χ0n) is 14.0. The summed E-state index contributed by atoms with van der Waals surface area (Å²) in [6, 6.07) is 8.01. The highest BCUT2D eigenvalue weighted by atomic mass is 16.1. The number of aryl methyl sites for hydroxylation is 1. The van der Waals surface area contributed by atoms with E-state index >= 15 is 0 Å². The molecule has 2 heterocycles. The summed E-state index contributed by atoms with van der Waals surface area (Å²) in [6.45, 7) is 0.998. The van der Waals surface area contributed by atoms with Crippen molar-refractivity contribution in [3.05, 3.63) is 30.1 Å². The number of hydrogen-bond donors (Lipinski definition) is 1. The molecule has 5 heteroatoms. The van der Waals surface area contributed by atoms with Gasteiger partial charge in [0.15, 0.2) is 5.82 Å². The molecule has 0 radical (unpaired) electrons. The molecule has 1 amide bonds. The van der Waals surface area contributed by atoms with E-state index in [1.54, 1.807) is 0 Å². The Morgan fingerprint density at radius 1 is 1.00 bits per heavy atom. The molecule has 1 aromatic heterocycles. The normalized spacial score (nSPS) is 18.2. The van der Waals surface area contributed by atoms with Gasteiger partial charge >= 0.3 is 0 Å². The highest BCUT2D eigenvalue weighted by Gasteiger charge is 2.22. The van der Waals surface area contributed by atoms with Crippen LogP contribution < -0.4 is 5.32 Å². The second-order valence-electron chi connectivity index (χ2n) is 6.95. The third kappa shape index (κ3) is 3.07. The zero-order chi connectivity index (χ0) is 16.4. The third-order valence-electron chi connectivity index (χ3n) is 5.25. The molecule has 24 heavy (non-hydrogen) atoms. The van der Waals surface area contributed by atoms with Gasteiger partial charge in [-0.2, -0.15) is 0 Å². The van der Waals surface area contributed by atoms with Gasteiger partial charge in [0.1, 0.15) is 5.82 Å². The lowest BCUT2D eigenvalue weighted by Crippen LogP contribution is -2.20. The van der Waals surface area contributed by atoms with E-state index in [-0.39, 0.29) is 11.8 Å². The number of carbonyl (C=O) groups is 1. The van der Waals surface area contributed by atoms with Crippen LogP contribution >= 0.6 is 0 Å². The molecular weight excluding hydrogens is 300 g/mol. The number of aromatic nitrogens is 3. The molecular formula is C19H24N4O. The number of hydrogen-bond acceptors (Lipinski definition) is 3. The molecule has 2 aromatic rings. The average molecular weight is 324 g/mol. The molecule has 1 saturated carbocycles. The number of fused-ring (bicyclic) bond motifs is 1. The fraction of sp³-hybridized carbons (Fsp3) is 0.526. The Hall–Kier alpha value is -2.17. The predicted molar refractivity (Wildman–Crippen MR) is 93.6 cm³/mol. The first-order chi connectivity index (χ1) is 11.8. The molecule has 0 unspecified atom stereocenters. The number of rotatable bonds is 3. The van der Waals surface area contributed by atoms with Crippen molar-refractivity contribution in [2.24, 2.45) is 5.92 Å². The van der Waals surface area contributed by atoms with Crippen LogP contribution in [0.5, 0.6) is 0 Å². The summed E-state index contributed by atoms with van der Waals surface area (Å²) in [5, 5.41) is 11.8. The van der Waals surface area contributed by atoms with Gasteiger partial charge in [-0.1, -0.05) is 19.3 Å². The van der Waals surface area contributed by atoms with Crippen molar-refractivity contribution in [3.63, 3.8) is 0 Å². The van der Waals surface area contributed by atoms with E-state index in [0.717, 1.165) is 48.7 Å². The number of nitrogens with one attached hydrogen (secondary N) is 1. The van der Waals surface area contributed by atoms with Gasteiger partial charge in [-0.05, 0) is 49.9 Å². The van der Waals surface area contributed by atoms with Crippen LogP contribution in [-0.4, -0.2) is 20.7 Å². The molecule has 1 aliphatic carbocycles. The predicted octanol–water partition coefficient (Wildman–Crippen LogP) is 3.80. The minimum absolute atomic E-state index is 0.164. The van der Waals surface area contributed by atoms with Gasteiger partial charge in [0, 0.05) is 30.1 Å². The van der Waals surface area contributed by atoms with Crippen molar-refractivity contribution >= 4 is 11.6 Å². The van der Waals surface area contributed by atoms with Crippen molar-refractivity contribution in [2.75, 3.05) is 5.32 Å². The smallest absolute Gasteiger partial charge is 0.227 e. The van der Waals surface area contributed by atoms with Crippen LogP contribution in [0.4, 0.5) is 5.69 Å². The Bertz CT molecular complexity index is 713. The van der Waals surface area contributed by atoms with Crippen LogP contribution in [0.1, 0.15) is 50.8 Å².